The maximum atomic E-state index is 6.25. The van der Waals surface area contributed by atoms with Crippen LogP contribution in [0.4, 0.5) is 0 Å². The lowest BCUT2D eigenvalue weighted by atomic mass is 9.96. The van der Waals surface area contributed by atoms with E-state index >= 15 is 0 Å². The Morgan fingerprint density at radius 1 is 0.882 bits per heavy atom. The fraction of sp³-hybridized carbons (Fsp3) is 0.0625. The molecule has 0 radical (unpaired) electrons. The molecule has 0 atom stereocenters. The molecule has 2 heterocycles. The molecule has 0 unspecified atom stereocenters. The average Bonchev–Trinajstić information content (AvgIpc) is 3.40. The fourth-order valence-corrected chi connectivity index (χ4v) is 4.51. The molecule has 0 amide bonds. The SMILES string of the molecule is C=C/C(=C\C(=C/C)c1ccc2[nH]c3ccccc3c2c1)c1cccc2c(=C)/c(=C\C=C/C)oc12. The van der Waals surface area contributed by atoms with Gasteiger partial charge in [0.15, 0.2) is 0 Å². The Balaban J connectivity index is 1.65. The Bertz CT molecular complexity index is 1750. The standard InChI is InChI=1S/C32H27NO/c1-5-8-16-31-21(4)25-13-11-14-26(32(25)34-31)23(7-3)19-22(6-2)24-17-18-30-28(20-24)27-12-9-10-15-29(27)33-30/h5-20,33H,3-4H2,1-2H3/b8-5-,22-6+,23-19+,31-16+. The molecule has 3 aromatic carbocycles. The van der Waals surface area contributed by atoms with Gasteiger partial charge in [0.25, 0.3) is 0 Å². The van der Waals surface area contributed by atoms with E-state index < -0.39 is 0 Å². The zero-order valence-corrected chi connectivity index (χ0v) is 19.6. The van der Waals surface area contributed by atoms with Crippen LogP contribution in [0.5, 0.6) is 0 Å². The van der Waals surface area contributed by atoms with E-state index in [0.29, 0.717) is 0 Å². The van der Waals surface area contributed by atoms with Crippen molar-refractivity contribution in [1.29, 1.82) is 0 Å². The van der Waals surface area contributed by atoms with Gasteiger partial charge in [-0.05, 0) is 60.9 Å². The summed E-state index contributed by atoms with van der Waals surface area (Å²) in [6.45, 7) is 12.4. The molecule has 5 rings (SSSR count). The predicted octanol–water partition coefficient (Wildman–Crippen LogP) is 7.51. The highest BCUT2D eigenvalue weighted by atomic mass is 16.3. The largest absolute Gasteiger partial charge is 0.455 e. The number of H-pyrrole nitrogens is 1. The quantitative estimate of drug-likeness (QED) is 0.281. The third kappa shape index (κ3) is 3.64. The first kappa shape index (κ1) is 21.5. The van der Waals surface area contributed by atoms with Crippen molar-refractivity contribution in [3.8, 4) is 0 Å². The van der Waals surface area contributed by atoms with Crippen LogP contribution in [0, 0.1) is 0 Å². The monoisotopic (exact) mass is 441 g/mol. The van der Waals surface area contributed by atoms with Crippen molar-refractivity contribution < 1.29 is 4.42 Å². The van der Waals surface area contributed by atoms with Gasteiger partial charge in [-0.1, -0.05) is 79.9 Å². The molecule has 0 saturated carbocycles. The summed E-state index contributed by atoms with van der Waals surface area (Å²) in [4.78, 5) is 3.51. The Kier molecular flexibility index (Phi) is 5.65. The molecule has 0 aliphatic rings. The molecular weight excluding hydrogens is 414 g/mol. The van der Waals surface area contributed by atoms with Gasteiger partial charge in [0.05, 0.1) is 0 Å². The number of allylic oxidation sites excluding steroid dienone is 7. The summed E-state index contributed by atoms with van der Waals surface area (Å²) in [5.74, 6) is 0. The molecule has 0 bridgehead atoms. The molecule has 0 aliphatic carbocycles. The average molecular weight is 442 g/mol. The van der Waals surface area contributed by atoms with Crippen LogP contribution in [0.2, 0.25) is 0 Å². The van der Waals surface area contributed by atoms with Gasteiger partial charge in [-0.2, -0.15) is 0 Å². The van der Waals surface area contributed by atoms with Crippen molar-refractivity contribution in [2.75, 3.05) is 0 Å². The number of fused-ring (bicyclic) bond motifs is 4. The molecule has 2 nitrogen and oxygen atoms in total. The summed E-state index contributed by atoms with van der Waals surface area (Å²) in [6, 6.07) is 21.2. The first-order chi connectivity index (χ1) is 16.6. The van der Waals surface area contributed by atoms with Crippen molar-refractivity contribution in [2.24, 2.45) is 0 Å². The number of hydrogen-bond donors (Lipinski definition) is 1. The summed E-state index contributed by atoms with van der Waals surface area (Å²) in [5.41, 5.74) is 8.19. The van der Waals surface area contributed by atoms with Crippen molar-refractivity contribution in [3.63, 3.8) is 0 Å². The van der Waals surface area contributed by atoms with Gasteiger partial charge in [-0.15, -0.1) is 0 Å². The minimum Gasteiger partial charge on any atom is -0.455 e. The van der Waals surface area contributed by atoms with E-state index in [0.717, 1.165) is 54.9 Å². The van der Waals surface area contributed by atoms with Crippen LogP contribution in [0.15, 0.2) is 102 Å². The van der Waals surface area contributed by atoms with E-state index in [9.17, 15) is 0 Å². The number of para-hydroxylation sites is 2. The van der Waals surface area contributed by atoms with Crippen LogP contribution in [-0.2, 0) is 0 Å². The van der Waals surface area contributed by atoms with E-state index in [4.69, 9.17) is 4.42 Å². The molecule has 0 spiro atoms. The molecule has 1 N–H and O–H groups in total. The van der Waals surface area contributed by atoms with Crippen LogP contribution in [-0.4, -0.2) is 4.98 Å². The van der Waals surface area contributed by atoms with E-state index in [1.54, 1.807) is 0 Å². The fourth-order valence-electron chi connectivity index (χ4n) is 4.51. The van der Waals surface area contributed by atoms with Gasteiger partial charge in [-0.3, -0.25) is 0 Å². The first-order valence-electron chi connectivity index (χ1n) is 11.5. The highest BCUT2D eigenvalue weighted by Crippen LogP contribution is 2.31. The number of aromatic amines is 1. The van der Waals surface area contributed by atoms with Crippen LogP contribution in [0.1, 0.15) is 25.0 Å². The van der Waals surface area contributed by atoms with Gasteiger partial charge in [0, 0.05) is 38.0 Å². The molecule has 0 saturated heterocycles. The number of aromatic nitrogens is 1. The highest BCUT2D eigenvalue weighted by Gasteiger charge is 2.11. The lowest BCUT2D eigenvalue weighted by Crippen LogP contribution is -2.17. The lowest BCUT2D eigenvalue weighted by molar-refractivity contribution is 0.575. The number of furan rings is 1. The molecule has 0 aliphatic heterocycles. The topological polar surface area (TPSA) is 28.9 Å². The van der Waals surface area contributed by atoms with Crippen LogP contribution in [0.25, 0.3) is 56.6 Å². The van der Waals surface area contributed by atoms with E-state index in [1.165, 1.54) is 10.8 Å². The highest BCUT2D eigenvalue weighted by molar-refractivity contribution is 6.08. The summed E-state index contributed by atoms with van der Waals surface area (Å²) in [5, 5.41) is 4.37. The molecule has 2 aromatic heterocycles. The van der Waals surface area contributed by atoms with Gasteiger partial charge in [0.1, 0.15) is 11.0 Å². The maximum absolute atomic E-state index is 6.25. The minimum absolute atomic E-state index is 0.778. The zero-order chi connectivity index (χ0) is 23.7. The second-order valence-corrected chi connectivity index (χ2v) is 8.30. The van der Waals surface area contributed by atoms with E-state index in [-0.39, 0.29) is 0 Å². The molecule has 5 aromatic rings. The molecular formula is C32H27NO. The molecule has 0 fully saturated rings. The third-order valence-corrected chi connectivity index (χ3v) is 6.28. The Morgan fingerprint density at radius 2 is 1.68 bits per heavy atom. The third-order valence-electron chi connectivity index (χ3n) is 6.28. The smallest absolute Gasteiger partial charge is 0.143 e. The van der Waals surface area contributed by atoms with Gasteiger partial charge < -0.3 is 9.40 Å². The second-order valence-electron chi connectivity index (χ2n) is 8.30. The number of benzene rings is 3. The predicted molar refractivity (Wildman–Crippen MR) is 148 cm³/mol. The molecule has 34 heavy (non-hydrogen) atoms. The normalized spacial score (nSPS) is 13.6. The van der Waals surface area contributed by atoms with Crippen LogP contribution >= 0.6 is 0 Å². The lowest BCUT2D eigenvalue weighted by Gasteiger charge is -2.08. The summed E-state index contributed by atoms with van der Waals surface area (Å²) in [6.07, 6.45) is 12.1. The Hall–Kier alpha value is -4.30. The number of nitrogens with one attached hydrogen (secondary N) is 1. The summed E-state index contributed by atoms with van der Waals surface area (Å²) in [7, 11) is 0. The maximum Gasteiger partial charge on any atom is 0.143 e. The summed E-state index contributed by atoms with van der Waals surface area (Å²) >= 11 is 0. The van der Waals surface area contributed by atoms with Crippen molar-refractivity contribution >= 4 is 56.6 Å². The second kappa shape index (κ2) is 8.92. The van der Waals surface area contributed by atoms with Crippen molar-refractivity contribution in [2.45, 2.75) is 13.8 Å². The van der Waals surface area contributed by atoms with Crippen LogP contribution < -0.4 is 10.6 Å². The van der Waals surface area contributed by atoms with Crippen LogP contribution in [0.3, 0.4) is 0 Å². The van der Waals surface area contributed by atoms with Gasteiger partial charge in [0.2, 0.25) is 0 Å². The van der Waals surface area contributed by atoms with Crippen molar-refractivity contribution in [3.05, 3.63) is 119 Å². The molecule has 2 heteroatoms. The zero-order valence-electron chi connectivity index (χ0n) is 19.6. The Labute approximate surface area is 199 Å². The number of hydrogen-bond acceptors (Lipinski definition) is 1. The minimum atomic E-state index is 0.778. The van der Waals surface area contributed by atoms with Gasteiger partial charge in [-0.25, -0.2) is 0 Å². The number of rotatable bonds is 5. The van der Waals surface area contributed by atoms with Gasteiger partial charge >= 0.3 is 0 Å². The first-order valence-corrected chi connectivity index (χ1v) is 11.5. The van der Waals surface area contributed by atoms with Crippen molar-refractivity contribution in [1.82, 2.24) is 4.98 Å². The van der Waals surface area contributed by atoms with E-state index in [1.807, 2.05) is 37.3 Å². The molecule has 166 valence electrons. The van der Waals surface area contributed by atoms with E-state index in [2.05, 4.69) is 91.8 Å². The summed E-state index contributed by atoms with van der Waals surface area (Å²) < 4.78 is 6.25. The Morgan fingerprint density at radius 3 is 2.47 bits per heavy atom.